The molecule has 2 atom stereocenters. The molecule has 1 aromatic rings. The molecule has 10 heavy (non-hydrogen) atoms. The zero-order valence-corrected chi connectivity index (χ0v) is 5.99. The first-order chi connectivity index (χ1) is 4.79. The van der Waals surface area contributed by atoms with Crippen LogP contribution < -0.4 is 5.73 Å². The van der Waals surface area contributed by atoms with Crippen molar-refractivity contribution in [3.05, 3.63) is 18.2 Å². The Balaban J connectivity index is 2.26. The third kappa shape index (κ3) is 0.743. The van der Waals surface area contributed by atoms with Gasteiger partial charge in [0.25, 0.3) is 0 Å². The Morgan fingerprint density at radius 3 is 2.90 bits per heavy atom. The van der Waals surface area contributed by atoms with Gasteiger partial charge in [-0.2, -0.15) is 0 Å². The van der Waals surface area contributed by atoms with Gasteiger partial charge in [0.2, 0.25) is 0 Å². The minimum atomic E-state index is 0.385. The molecule has 1 aromatic heterocycles. The molecule has 3 nitrogen and oxygen atoms in total. The van der Waals surface area contributed by atoms with Crippen LogP contribution in [0.1, 0.15) is 18.0 Å². The molecule has 54 valence electrons. The van der Waals surface area contributed by atoms with E-state index in [-0.39, 0.29) is 0 Å². The first-order valence-corrected chi connectivity index (χ1v) is 3.51. The molecule has 1 aliphatic rings. The highest BCUT2D eigenvalue weighted by molar-refractivity contribution is 5.18. The maximum Gasteiger partial charge on any atom is 0.0945 e. The minimum Gasteiger partial charge on any atom is -0.337 e. The Labute approximate surface area is 59.9 Å². The minimum absolute atomic E-state index is 0.385. The van der Waals surface area contributed by atoms with E-state index < -0.39 is 0 Å². The van der Waals surface area contributed by atoms with Crippen LogP contribution in [0.2, 0.25) is 0 Å². The van der Waals surface area contributed by atoms with E-state index in [1.807, 2.05) is 24.1 Å². The van der Waals surface area contributed by atoms with Crippen molar-refractivity contribution in [2.24, 2.45) is 12.8 Å². The molecule has 1 saturated carbocycles. The molecule has 1 heterocycles. The molecule has 2 N–H and O–H groups in total. The van der Waals surface area contributed by atoms with E-state index in [9.17, 15) is 0 Å². The van der Waals surface area contributed by atoms with Gasteiger partial charge in [-0.15, -0.1) is 0 Å². The summed E-state index contributed by atoms with van der Waals surface area (Å²) in [5, 5.41) is 0. The van der Waals surface area contributed by atoms with Crippen LogP contribution in [0.25, 0.3) is 0 Å². The topological polar surface area (TPSA) is 43.8 Å². The van der Waals surface area contributed by atoms with E-state index in [4.69, 9.17) is 5.73 Å². The number of hydrogen-bond donors (Lipinski definition) is 1. The molecule has 3 heteroatoms. The third-order valence-corrected chi connectivity index (χ3v) is 2.07. The summed E-state index contributed by atoms with van der Waals surface area (Å²) in [6.45, 7) is 0. The number of aromatic nitrogens is 2. The van der Waals surface area contributed by atoms with E-state index in [1.54, 1.807) is 0 Å². The maximum atomic E-state index is 5.69. The van der Waals surface area contributed by atoms with Gasteiger partial charge in [-0.25, -0.2) is 4.98 Å². The summed E-state index contributed by atoms with van der Waals surface area (Å²) in [7, 11) is 2.01. The SMILES string of the molecule is Cn1cncc1[C@@H]1C[C@@H]1N. The number of aryl methyl sites for hydroxylation is 1. The smallest absolute Gasteiger partial charge is 0.0945 e. The molecule has 1 fully saturated rings. The fourth-order valence-electron chi connectivity index (χ4n) is 1.28. The van der Waals surface area contributed by atoms with E-state index in [0.29, 0.717) is 12.0 Å². The van der Waals surface area contributed by atoms with Gasteiger partial charge < -0.3 is 10.3 Å². The van der Waals surface area contributed by atoms with Gasteiger partial charge in [0.1, 0.15) is 0 Å². The molecule has 1 aliphatic carbocycles. The summed E-state index contributed by atoms with van der Waals surface area (Å²) < 4.78 is 2.04. The van der Waals surface area contributed by atoms with Gasteiger partial charge in [-0.05, 0) is 6.42 Å². The Morgan fingerprint density at radius 1 is 1.80 bits per heavy atom. The average Bonchev–Trinajstić information content (AvgIpc) is 2.42. The number of rotatable bonds is 1. The van der Waals surface area contributed by atoms with Gasteiger partial charge in [0.05, 0.1) is 6.33 Å². The van der Waals surface area contributed by atoms with Crippen molar-refractivity contribution < 1.29 is 0 Å². The van der Waals surface area contributed by atoms with E-state index >= 15 is 0 Å². The maximum absolute atomic E-state index is 5.69. The van der Waals surface area contributed by atoms with E-state index in [2.05, 4.69) is 4.98 Å². The number of nitrogens with two attached hydrogens (primary N) is 1. The Kier molecular flexibility index (Phi) is 1.08. The van der Waals surface area contributed by atoms with Gasteiger partial charge in [-0.3, -0.25) is 0 Å². The van der Waals surface area contributed by atoms with E-state index in [0.717, 1.165) is 6.42 Å². The van der Waals surface area contributed by atoms with Crippen molar-refractivity contribution >= 4 is 0 Å². The quantitative estimate of drug-likeness (QED) is 0.602. The van der Waals surface area contributed by atoms with Crippen molar-refractivity contribution in [2.75, 3.05) is 0 Å². The lowest BCUT2D eigenvalue weighted by molar-refractivity contribution is 0.810. The predicted octanol–water partition coefficient (Wildman–Crippen LogP) is 0.235. The van der Waals surface area contributed by atoms with Crippen LogP contribution in [0.15, 0.2) is 12.5 Å². The fraction of sp³-hybridized carbons (Fsp3) is 0.571. The van der Waals surface area contributed by atoms with Crippen LogP contribution in [0.5, 0.6) is 0 Å². The largest absolute Gasteiger partial charge is 0.337 e. The van der Waals surface area contributed by atoms with Crippen LogP contribution >= 0.6 is 0 Å². The number of hydrogen-bond acceptors (Lipinski definition) is 2. The molecular weight excluding hydrogens is 126 g/mol. The molecule has 0 unspecified atom stereocenters. The normalized spacial score (nSPS) is 30.6. The fourth-order valence-corrected chi connectivity index (χ4v) is 1.28. The predicted molar refractivity (Wildman–Crippen MR) is 38.5 cm³/mol. The summed E-state index contributed by atoms with van der Waals surface area (Å²) >= 11 is 0. The van der Waals surface area contributed by atoms with Crippen molar-refractivity contribution in [1.29, 1.82) is 0 Å². The first-order valence-electron chi connectivity index (χ1n) is 3.51. The zero-order chi connectivity index (χ0) is 7.14. The molecule has 0 saturated heterocycles. The summed E-state index contributed by atoms with van der Waals surface area (Å²) in [5.41, 5.74) is 6.96. The number of nitrogens with zero attached hydrogens (tertiary/aromatic N) is 2. The van der Waals surface area contributed by atoms with Crippen LogP contribution in [0, 0.1) is 0 Å². The van der Waals surface area contributed by atoms with Gasteiger partial charge in [0.15, 0.2) is 0 Å². The van der Waals surface area contributed by atoms with Gasteiger partial charge in [-0.1, -0.05) is 0 Å². The highest BCUT2D eigenvalue weighted by Crippen LogP contribution is 2.38. The van der Waals surface area contributed by atoms with Crippen LogP contribution in [-0.2, 0) is 7.05 Å². The Bertz CT molecular complexity index is 241. The summed E-state index contributed by atoms with van der Waals surface area (Å²) in [5.74, 6) is 0.576. The highest BCUT2D eigenvalue weighted by atomic mass is 15.0. The molecule has 0 spiro atoms. The monoisotopic (exact) mass is 137 g/mol. The highest BCUT2D eigenvalue weighted by Gasteiger charge is 2.36. The van der Waals surface area contributed by atoms with Crippen LogP contribution in [0.4, 0.5) is 0 Å². The van der Waals surface area contributed by atoms with Crippen molar-refractivity contribution in [3.8, 4) is 0 Å². The molecule has 2 rings (SSSR count). The van der Waals surface area contributed by atoms with Crippen molar-refractivity contribution in [1.82, 2.24) is 9.55 Å². The molecule has 0 bridgehead atoms. The zero-order valence-electron chi connectivity index (χ0n) is 5.99. The lowest BCUT2D eigenvalue weighted by Crippen LogP contribution is -2.03. The average molecular weight is 137 g/mol. The summed E-state index contributed by atoms with van der Waals surface area (Å²) in [4.78, 5) is 4.02. The standard InChI is InChI=1S/C7H11N3/c1-10-4-9-3-7(10)5-2-6(5)8/h3-6H,2,8H2,1H3/t5-,6+/m1/s1. The molecule has 0 radical (unpaired) electrons. The van der Waals surface area contributed by atoms with Crippen LogP contribution in [0.3, 0.4) is 0 Å². The van der Waals surface area contributed by atoms with Crippen molar-refractivity contribution in [2.45, 2.75) is 18.4 Å². The summed E-state index contributed by atoms with van der Waals surface area (Å²) in [6, 6.07) is 0.385. The Hall–Kier alpha value is -0.830. The Morgan fingerprint density at radius 2 is 2.50 bits per heavy atom. The molecule has 0 amide bonds. The number of imidazole rings is 1. The molecular formula is C7H11N3. The van der Waals surface area contributed by atoms with Crippen LogP contribution in [-0.4, -0.2) is 15.6 Å². The molecule has 0 aliphatic heterocycles. The second-order valence-corrected chi connectivity index (χ2v) is 2.94. The summed E-state index contributed by atoms with van der Waals surface area (Å²) in [6.07, 6.45) is 4.84. The lowest BCUT2D eigenvalue weighted by Gasteiger charge is -1.96. The second-order valence-electron chi connectivity index (χ2n) is 2.94. The van der Waals surface area contributed by atoms with E-state index in [1.165, 1.54) is 5.69 Å². The molecule has 0 aromatic carbocycles. The first kappa shape index (κ1) is 5.92. The second kappa shape index (κ2) is 1.83. The van der Waals surface area contributed by atoms with Crippen molar-refractivity contribution in [3.63, 3.8) is 0 Å². The lowest BCUT2D eigenvalue weighted by atomic mass is 10.3. The van der Waals surface area contributed by atoms with Gasteiger partial charge >= 0.3 is 0 Å². The third-order valence-electron chi connectivity index (χ3n) is 2.07. The van der Waals surface area contributed by atoms with Gasteiger partial charge in [0, 0.05) is 30.9 Å².